The van der Waals surface area contributed by atoms with Crippen molar-refractivity contribution in [2.45, 2.75) is 77.1 Å². The monoisotopic (exact) mass is 424 g/mol. The Morgan fingerprint density at radius 3 is 2.43 bits per heavy atom. The van der Waals surface area contributed by atoms with Crippen LogP contribution in [0.4, 0.5) is 13.2 Å². The molecular weight excluding hydrogens is 393 g/mol. The zero-order valence-corrected chi connectivity index (χ0v) is 17.8. The lowest BCUT2D eigenvalue weighted by Gasteiger charge is -2.41. The molecule has 3 atom stereocenters. The van der Waals surface area contributed by atoms with Crippen molar-refractivity contribution in [3.05, 3.63) is 23.3 Å². The molecule has 2 saturated carbocycles. The molecular formula is C23H31F3N2O2. The molecule has 0 spiro atoms. The van der Waals surface area contributed by atoms with Crippen molar-refractivity contribution in [2.24, 2.45) is 17.8 Å². The summed E-state index contributed by atoms with van der Waals surface area (Å²) >= 11 is 0. The summed E-state index contributed by atoms with van der Waals surface area (Å²) in [5.74, 6) is -1.79. The van der Waals surface area contributed by atoms with Crippen LogP contribution in [-0.2, 0) is 9.53 Å². The molecule has 0 aromatic rings. The number of nitrogens with zero attached hydrogens (tertiary/aromatic N) is 2. The van der Waals surface area contributed by atoms with Crippen LogP contribution in [0.3, 0.4) is 0 Å². The van der Waals surface area contributed by atoms with Gasteiger partial charge >= 0.3 is 12.1 Å². The molecule has 1 heterocycles. The van der Waals surface area contributed by atoms with Gasteiger partial charge in [-0.05, 0) is 63.6 Å². The average molecular weight is 425 g/mol. The van der Waals surface area contributed by atoms with E-state index >= 15 is 0 Å². The number of rotatable bonds is 5. The van der Waals surface area contributed by atoms with Crippen LogP contribution in [0.5, 0.6) is 0 Å². The molecule has 0 radical (unpaired) electrons. The fraction of sp³-hybridized carbons (Fsp3) is 0.739. The first-order valence-electron chi connectivity index (χ1n) is 11.1. The minimum Gasteiger partial charge on any atom is -0.458 e. The molecule has 0 aromatic heterocycles. The molecule has 2 aliphatic carbocycles. The first-order chi connectivity index (χ1) is 14.3. The maximum absolute atomic E-state index is 12.9. The first-order valence-corrected chi connectivity index (χ1v) is 11.1. The SMILES string of the molecule is CCN(CC)C1CCC2C=C(/C=C(\C#N)C3CCC(C(F)(F)F)CC3)C(=O)OC2C1. The third kappa shape index (κ3) is 5.08. The van der Waals surface area contributed by atoms with Crippen LogP contribution < -0.4 is 0 Å². The van der Waals surface area contributed by atoms with E-state index < -0.39 is 18.1 Å². The van der Waals surface area contributed by atoms with Crippen LogP contribution in [0, 0.1) is 29.1 Å². The number of ether oxygens (including phenoxy) is 1. The number of esters is 1. The lowest BCUT2D eigenvalue weighted by molar-refractivity contribution is -0.183. The molecule has 0 N–H and O–H groups in total. The second-order valence-electron chi connectivity index (χ2n) is 8.72. The minimum atomic E-state index is -4.17. The van der Waals surface area contributed by atoms with Gasteiger partial charge in [0.1, 0.15) is 6.10 Å². The standard InChI is InChI=1S/C23H31F3N2O2/c1-3-28(4-2)20-10-7-16-11-17(22(29)30-21(16)13-20)12-18(14-27)15-5-8-19(9-6-15)23(24,25)26/h11-12,15-16,19-21H,3-10,13H2,1-2H3/b18-12+. The van der Waals surface area contributed by atoms with E-state index in [1.807, 2.05) is 6.08 Å². The molecule has 3 aliphatic rings. The smallest absolute Gasteiger partial charge is 0.391 e. The van der Waals surface area contributed by atoms with Gasteiger partial charge in [0.05, 0.1) is 17.6 Å². The van der Waals surface area contributed by atoms with Crippen molar-refractivity contribution in [1.82, 2.24) is 4.90 Å². The molecule has 0 amide bonds. The van der Waals surface area contributed by atoms with Crippen LogP contribution in [0.2, 0.25) is 0 Å². The number of carbonyl (C=O) groups is 1. The number of carbonyl (C=O) groups excluding carboxylic acids is 1. The molecule has 1 aliphatic heterocycles. The number of hydrogen-bond acceptors (Lipinski definition) is 4. The molecule has 7 heteroatoms. The van der Waals surface area contributed by atoms with Crippen molar-refractivity contribution < 1.29 is 22.7 Å². The predicted octanol–water partition coefficient (Wildman–Crippen LogP) is 5.17. The Balaban J connectivity index is 1.68. The van der Waals surface area contributed by atoms with E-state index in [1.54, 1.807) is 6.08 Å². The lowest BCUT2D eigenvalue weighted by Crippen LogP contribution is -2.45. The zero-order valence-electron chi connectivity index (χ0n) is 17.8. The molecule has 0 aromatic carbocycles. The molecule has 2 fully saturated rings. The molecule has 30 heavy (non-hydrogen) atoms. The van der Waals surface area contributed by atoms with Crippen molar-refractivity contribution in [3.8, 4) is 6.07 Å². The van der Waals surface area contributed by atoms with Gasteiger partial charge in [0, 0.05) is 24.0 Å². The van der Waals surface area contributed by atoms with E-state index in [2.05, 4.69) is 24.8 Å². The summed E-state index contributed by atoms with van der Waals surface area (Å²) in [4.78, 5) is 15.0. The highest BCUT2D eigenvalue weighted by Crippen LogP contribution is 2.42. The molecule has 0 bridgehead atoms. The van der Waals surface area contributed by atoms with E-state index in [-0.39, 0.29) is 30.8 Å². The van der Waals surface area contributed by atoms with Crippen molar-refractivity contribution in [1.29, 1.82) is 5.26 Å². The number of halogens is 3. The Kier molecular flexibility index (Phi) is 7.28. The molecule has 0 saturated heterocycles. The summed E-state index contributed by atoms with van der Waals surface area (Å²) in [6.45, 7) is 6.21. The van der Waals surface area contributed by atoms with Crippen LogP contribution in [-0.4, -0.2) is 42.3 Å². The Labute approximate surface area is 176 Å². The number of allylic oxidation sites excluding steroid dienone is 1. The number of nitriles is 1. The van der Waals surface area contributed by atoms with Crippen molar-refractivity contribution in [3.63, 3.8) is 0 Å². The quantitative estimate of drug-likeness (QED) is 0.451. The molecule has 3 unspecified atom stereocenters. The third-order valence-corrected chi connectivity index (χ3v) is 7.10. The van der Waals surface area contributed by atoms with Gasteiger partial charge in [0.25, 0.3) is 0 Å². The third-order valence-electron chi connectivity index (χ3n) is 7.10. The predicted molar refractivity (Wildman–Crippen MR) is 107 cm³/mol. The van der Waals surface area contributed by atoms with Gasteiger partial charge in [-0.2, -0.15) is 18.4 Å². The van der Waals surface area contributed by atoms with E-state index in [4.69, 9.17) is 4.74 Å². The van der Waals surface area contributed by atoms with Gasteiger partial charge in [-0.15, -0.1) is 0 Å². The van der Waals surface area contributed by atoms with Gasteiger partial charge in [0.2, 0.25) is 0 Å². The van der Waals surface area contributed by atoms with E-state index in [1.165, 1.54) is 0 Å². The maximum atomic E-state index is 12.9. The van der Waals surface area contributed by atoms with Crippen LogP contribution in [0.25, 0.3) is 0 Å². The highest BCUT2D eigenvalue weighted by atomic mass is 19.4. The highest BCUT2D eigenvalue weighted by Gasteiger charge is 2.42. The van der Waals surface area contributed by atoms with Crippen LogP contribution in [0.15, 0.2) is 23.3 Å². The molecule has 166 valence electrons. The average Bonchev–Trinajstić information content (AvgIpc) is 2.72. The normalized spacial score (nSPS) is 32.8. The van der Waals surface area contributed by atoms with E-state index in [0.717, 1.165) is 32.4 Å². The lowest BCUT2D eigenvalue weighted by atomic mass is 9.77. The Bertz CT molecular complexity index is 726. The summed E-state index contributed by atoms with van der Waals surface area (Å²) in [7, 11) is 0. The summed E-state index contributed by atoms with van der Waals surface area (Å²) in [6, 6.07) is 2.54. The van der Waals surface area contributed by atoms with Crippen molar-refractivity contribution in [2.75, 3.05) is 13.1 Å². The van der Waals surface area contributed by atoms with Crippen molar-refractivity contribution >= 4 is 5.97 Å². The largest absolute Gasteiger partial charge is 0.458 e. The maximum Gasteiger partial charge on any atom is 0.391 e. The summed E-state index contributed by atoms with van der Waals surface area (Å²) in [5, 5.41) is 9.58. The van der Waals surface area contributed by atoms with Gasteiger partial charge in [0.15, 0.2) is 0 Å². The van der Waals surface area contributed by atoms with Gasteiger partial charge < -0.3 is 9.64 Å². The summed E-state index contributed by atoms with van der Waals surface area (Å²) in [6.07, 6.45) is 2.68. The van der Waals surface area contributed by atoms with E-state index in [9.17, 15) is 23.2 Å². The number of fused-ring (bicyclic) bond motifs is 1. The van der Waals surface area contributed by atoms with Crippen LogP contribution >= 0.6 is 0 Å². The number of hydrogen-bond donors (Lipinski definition) is 0. The Hall–Kier alpha value is -1.81. The summed E-state index contributed by atoms with van der Waals surface area (Å²) < 4.78 is 44.4. The topological polar surface area (TPSA) is 53.3 Å². The second-order valence-corrected chi connectivity index (χ2v) is 8.72. The Morgan fingerprint density at radius 2 is 1.87 bits per heavy atom. The Morgan fingerprint density at radius 1 is 1.20 bits per heavy atom. The van der Waals surface area contributed by atoms with Crippen LogP contribution in [0.1, 0.15) is 58.8 Å². The molecule has 3 rings (SSSR count). The highest BCUT2D eigenvalue weighted by molar-refractivity contribution is 5.93. The van der Waals surface area contributed by atoms with Gasteiger partial charge in [-0.25, -0.2) is 4.79 Å². The second kappa shape index (κ2) is 9.55. The van der Waals surface area contributed by atoms with Gasteiger partial charge in [-0.1, -0.05) is 19.9 Å². The minimum absolute atomic E-state index is 0.0358. The number of alkyl halides is 3. The first kappa shape index (κ1) is 22.9. The van der Waals surface area contributed by atoms with E-state index in [0.29, 0.717) is 30.0 Å². The fourth-order valence-electron chi connectivity index (χ4n) is 5.28. The zero-order chi connectivity index (χ0) is 21.9. The summed E-state index contributed by atoms with van der Waals surface area (Å²) in [5.41, 5.74) is 0.779. The van der Waals surface area contributed by atoms with Gasteiger partial charge in [-0.3, -0.25) is 0 Å². The fourth-order valence-corrected chi connectivity index (χ4v) is 5.28. The molecule has 4 nitrogen and oxygen atoms in total.